The van der Waals surface area contributed by atoms with E-state index in [0.717, 1.165) is 0 Å². The van der Waals surface area contributed by atoms with Crippen LogP contribution in [0, 0.1) is 0 Å². The molecule has 1 amide bonds. The first kappa shape index (κ1) is 15.3. The first-order chi connectivity index (χ1) is 10.2. The van der Waals surface area contributed by atoms with Gasteiger partial charge in [-0.2, -0.15) is 10.2 Å². The number of halogens is 1. The van der Waals surface area contributed by atoms with Gasteiger partial charge in [-0.25, -0.2) is 0 Å². The molecule has 1 aromatic heterocycles. The van der Waals surface area contributed by atoms with Gasteiger partial charge < -0.3 is 9.64 Å². The van der Waals surface area contributed by atoms with Crippen LogP contribution in [0.15, 0.2) is 42.7 Å². The van der Waals surface area contributed by atoms with Gasteiger partial charge in [-0.1, -0.05) is 23.7 Å². The fourth-order valence-electron chi connectivity index (χ4n) is 1.78. The zero-order valence-corrected chi connectivity index (χ0v) is 12.5. The maximum Gasteiger partial charge on any atom is 0.255 e. The standard InChI is InChI=1S/C15H16ClN3O2/c1-19(15(20)12-7-8-17-18-11-12)9-4-10-21-14-6-3-2-5-13(14)16/h2-3,5-8,11H,4,9-10H2,1H3. The van der Waals surface area contributed by atoms with Crippen molar-refractivity contribution in [3.05, 3.63) is 53.3 Å². The van der Waals surface area contributed by atoms with Crippen LogP contribution in [0.25, 0.3) is 0 Å². The van der Waals surface area contributed by atoms with Crippen LogP contribution >= 0.6 is 11.6 Å². The number of nitrogens with zero attached hydrogens (tertiary/aromatic N) is 3. The fraction of sp³-hybridized carbons (Fsp3) is 0.267. The predicted octanol–water partition coefficient (Wildman–Crippen LogP) is 2.67. The number of rotatable bonds is 6. The van der Waals surface area contributed by atoms with E-state index in [1.807, 2.05) is 18.2 Å². The van der Waals surface area contributed by atoms with Crippen molar-refractivity contribution in [1.82, 2.24) is 15.1 Å². The van der Waals surface area contributed by atoms with Gasteiger partial charge >= 0.3 is 0 Å². The van der Waals surface area contributed by atoms with Crippen molar-refractivity contribution in [2.75, 3.05) is 20.2 Å². The topological polar surface area (TPSA) is 55.3 Å². The molecule has 0 saturated heterocycles. The molecule has 1 aromatic carbocycles. The van der Waals surface area contributed by atoms with Gasteiger partial charge in [-0.15, -0.1) is 0 Å². The van der Waals surface area contributed by atoms with E-state index in [2.05, 4.69) is 10.2 Å². The van der Waals surface area contributed by atoms with Gasteiger partial charge in [-0.3, -0.25) is 4.79 Å². The summed E-state index contributed by atoms with van der Waals surface area (Å²) >= 11 is 5.99. The molecule has 0 unspecified atom stereocenters. The number of carbonyl (C=O) groups excluding carboxylic acids is 1. The minimum atomic E-state index is -0.0809. The van der Waals surface area contributed by atoms with Crippen molar-refractivity contribution < 1.29 is 9.53 Å². The molecule has 21 heavy (non-hydrogen) atoms. The Morgan fingerprint density at radius 3 is 2.81 bits per heavy atom. The van der Waals surface area contributed by atoms with Crippen molar-refractivity contribution >= 4 is 17.5 Å². The first-order valence-corrected chi connectivity index (χ1v) is 6.96. The molecule has 0 fully saturated rings. The quantitative estimate of drug-likeness (QED) is 0.770. The molecule has 0 saturated carbocycles. The predicted molar refractivity (Wildman–Crippen MR) is 80.6 cm³/mol. The summed E-state index contributed by atoms with van der Waals surface area (Å²) < 4.78 is 5.58. The SMILES string of the molecule is CN(CCCOc1ccccc1Cl)C(=O)c1ccnnc1. The summed E-state index contributed by atoms with van der Waals surface area (Å²) in [5, 5.41) is 7.94. The zero-order valence-electron chi connectivity index (χ0n) is 11.7. The van der Waals surface area contributed by atoms with Gasteiger partial charge in [0.25, 0.3) is 5.91 Å². The highest BCUT2D eigenvalue weighted by Gasteiger charge is 2.11. The molecule has 2 rings (SSSR count). The van der Waals surface area contributed by atoms with Crippen molar-refractivity contribution in [2.24, 2.45) is 0 Å². The van der Waals surface area contributed by atoms with Crippen LogP contribution in [0.5, 0.6) is 5.75 Å². The van der Waals surface area contributed by atoms with E-state index in [4.69, 9.17) is 16.3 Å². The lowest BCUT2D eigenvalue weighted by Crippen LogP contribution is -2.28. The molecule has 0 atom stereocenters. The maximum absolute atomic E-state index is 12.1. The Labute approximate surface area is 128 Å². The molecule has 0 radical (unpaired) electrons. The zero-order chi connectivity index (χ0) is 15.1. The molecule has 0 aliphatic rings. The molecule has 0 N–H and O–H groups in total. The monoisotopic (exact) mass is 305 g/mol. The highest BCUT2D eigenvalue weighted by molar-refractivity contribution is 6.32. The lowest BCUT2D eigenvalue weighted by atomic mass is 10.2. The molecule has 110 valence electrons. The largest absolute Gasteiger partial charge is 0.492 e. The second-order valence-electron chi connectivity index (χ2n) is 4.49. The minimum absolute atomic E-state index is 0.0809. The average molecular weight is 306 g/mol. The van der Waals surface area contributed by atoms with Gasteiger partial charge in [0.2, 0.25) is 0 Å². The fourth-order valence-corrected chi connectivity index (χ4v) is 1.98. The summed E-state index contributed by atoms with van der Waals surface area (Å²) in [7, 11) is 1.75. The van der Waals surface area contributed by atoms with Crippen LogP contribution in [0.2, 0.25) is 5.02 Å². The number of hydrogen-bond donors (Lipinski definition) is 0. The molecule has 0 spiro atoms. The average Bonchev–Trinajstić information content (AvgIpc) is 2.53. The van der Waals surface area contributed by atoms with E-state index in [0.29, 0.717) is 35.9 Å². The summed E-state index contributed by atoms with van der Waals surface area (Å²) in [6.07, 6.45) is 3.67. The Bertz CT molecular complexity index is 592. The smallest absolute Gasteiger partial charge is 0.255 e. The van der Waals surface area contributed by atoms with E-state index < -0.39 is 0 Å². The highest BCUT2D eigenvalue weighted by Crippen LogP contribution is 2.23. The van der Waals surface area contributed by atoms with Crippen LogP contribution in [-0.4, -0.2) is 41.2 Å². The number of hydrogen-bond acceptors (Lipinski definition) is 4. The number of para-hydroxylation sites is 1. The van der Waals surface area contributed by atoms with Crippen LogP contribution < -0.4 is 4.74 Å². The van der Waals surface area contributed by atoms with Crippen LogP contribution in [0.3, 0.4) is 0 Å². The normalized spacial score (nSPS) is 10.2. The van der Waals surface area contributed by atoms with Crippen LogP contribution in [-0.2, 0) is 0 Å². The molecular formula is C15H16ClN3O2. The Kier molecular flexibility index (Phi) is 5.51. The van der Waals surface area contributed by atoms with Crippen molar-refractivity contribution in [3.63, 3.8) is 0 Å². The molecular weight excluding hydrogens is 290 g/mol. The second kappa shape index (κ2) is 7.59. The Morgan fingerprint density at radius 2 is 2.10 bits per heavy atom. The Balaban J connectivity index is 1.76. The van der Waals surface area contributed by atoms with E-state index in [9.17, 15) is 4.79 Å². The number of amides is 1. The molecule has 0 aliphatic carbocycles. The second-order valence-corrected chi connectivity index (χ2v) is 4.90. The molecule has 1 heterocycles. The molecule has 0 bridgehead atoms. The van der Waals surface area contributed by atoms with Gasteiger partial charge in [0.1, 0.15) is 5.75 Å². The molecule has 0 aliphatic heterocycles. The lowest BCUT2D eigenvalue weighted by molar-refractivity contribution is 0.0787. The summed E-state index contributed by atoms with van der Waals surface area (Å²) in [4.78, 5) is 13.7. The summed E-state index contributed by atoms with van der Waals surface area (Å²) in [6, 6.07) is 8.96. The molecule has 2 aromatic rings. The molecule has 6 heteroatoms. The van der Waals surface area contributed by atoms with Crippen molar-refractivity contribution in [2.45, 2.75) is 6.42 Å². The Hall–Kier alpha value is -2.14. The van der Waals surface area contributed by atoms with Crippen molar-refractivity contribution in [1.29, 1.82) is 0 Å². The lowest BCUT2D eigenvalue weighted by Gasteiger charge is -2.17. The molecule has 5 nitrogen and oxygen atoms in total. The van der Waals surface area contributed by atoms with E-state index in [-0.39, 0.29) is 5.91 Å². The highest BCUT2D eigenvalue weighted by atomic mass is 35.5. The van der Waals surface area contributed by atoms with Crippen LogP contribution in [0.1, 0.15) is 16.8 Å². The van der Waals surface area contributed by atoms with E-state index in [1.54, 1.807) is 24.1 Å². The summed E-state index contributed by atoms with van der Waals surface area (Å²) in [5.74, 6) is 0.578. The Morgan fingerprint density at radius 1 is 1.29 bits per heavy atom. The van der Waals surface area contributed by atoms with Gasteiger partial charge in [0.05, 0.1) is 29.6 Å². The summed E-state index contributed by atoms with van der Waals surface area (Å²) in [5.41, 5.74) is 0.527. The van der Waals surface area contributed by atoms with Gasteiger partial charge in [0, 0.05) is 13.6 Å². The van der Waals surface area contributed by atoms with E-state index in [1.165, 1.54) is 12.4 Å². The van der Waals surface area contributed by atoms with Crippen molar-refractivity contribution in [3.8, 4) is 5.75 Å². The minimum Gasteiger partial charge on any atom is -0.492 e. The first-order valence-electron chi connectivity index (χ1n) is 6.58. The third-order valence-corrected chi connectivity index (χ3v) is 3.22. The number of ether oxygens (including phenoxy) is 1. The third kappa shape index (κ3) is 4.43. The maximum atomic E-state index is 12.1. The van der Waals surface area contributed by atoms with Gasteiger partial charge in [-0.05, 0) is 24.6 Å². The van der Waals surface area contributed by atoms with Gasteiger partial charge in [0.15, 0.2) is 0 Å². The number of benzene rings is 1. The number of carbonyl (C=O) groups is 1. The third-order valence-electron chi connectivity index (χ3n) is 2.91. The number of aromatic nitrogens is 2. The summed E-state index contributed by atoms with van der Waals surface area (Å²) in [6.45, 7) is 1.08. The van der Waals surface area contributed by atoms with E-state index >= 15 is 0 Å². The van der Waals surface area contributed by atoms with Crippen LogP contribution in [0.4, 0.5) is 0 Å².